The van der Waals surface area contributed by atoms with Gasteiger partial charge < -0.3 is 40.8 Å². The maximum absolute atomic E-state index is 13.6. The summed E-state index contributed by atoms with van der Waals surface area (Å²) in [6, 6.07) is 14.0. The predicted molar refractivity (Wildman–Crippen MR) is 149 cm³/mol. The molecule has 14 nitrogen and oxygen atoms in total. The van der Waals surface area contributed by atoms with Crippen molar-refractivity contribution in [3.8, 4) is 5.75 Å². The number of nitrogens with two attached hydrogens (primary N) is 1. The van der Waals surface area contributed by atoms with Crippen LogP contribution < -0.4 is 21.1 Å². The zero-order valence-electron chi connectivity index (χ0n) is 22.7. The Morgan fingerprint density at radius 3 is 2.57 bits per heavy atom. The molecule has 0 radical (unpaired) electrons. The van der Waals surface area contributed by atoms with Crippen LogP contribution in [0.1, 0.15) is 17.4 Å². The van der Waals surface area contributed by atoms with E-state index in [2.05, 4.69) is 25.6 Å². The first-order valence-corrected chi connectivity index (χ1v) is 13.2. The van der Waals surface area contributed by atoms with Gasteiger partial charge in [0.15, 0.2) is 17.7 Å². The normalized spacial score (nSPS) is 20.6. The summed E-state index contributed by atoms with van der Waals surface area (Å²) in [5, 5.41) is 26.6. The second kappa shape index (κ2) is 12.8. The van der Waals surface area contributed by atoms with E-state index >= 15 is 0 Å². The fraction of sp³-hybridized carbons (Fsp3) is 0.321. The van der Waals surface area contributed by atoms with Crippen LogP contribution in [0.5, 0.6) is 5.75 Å². The summed E-state index contributed by atoms with van der Waals surface area (Å²) < 4.78 is 17.9. The van der Waals surface area contributed by atoms with Crippen LogP contribution in [0.2, 0.25) is 0 Å². The number of rotatable bonds is 10. The first kappa shape index (κ1) is 28.7. The molecule has 2 aromatic carbocycles. The van der Waals surface area contributed by atoms with E-state index in [1.807, 2.05) is 30.3 Å². The minimum atomic E-state index is -1.31. The highest BCUT2D eigenvalue weighted by Crippen LogP contribution is 2.32. The van der Waals surface area contributed by atoms with E-state index in [1.165, 1.54) is 17.2 Å². The van der Waals surface area contributed by atoms with Crippen LogP contribution in [0.3, 0.4) is 0 Å². The van der Waals surface area contributed by atoms with Gasteiger partial charge in [0, 0.05) is 6.42 Å². The SMILES string of the molecule is COc1ccc(C[C@H](NC(=O)OCc2ccccc2)C(=O)N[C@H]2[C@@H](O)[C@@H](n3cnc4c(N)ncnc43)O[C@H]2CO)cc1. The molecular formula is C28H31N7O7. The largest absolute Gasteiger partial charge is 0.497 e. The maximum atomic E-state index is 13.6. The molecule has 0 spiro atoms. The number of methoxy groups -OCH3 is 1. The molecular weight excluding hydrogens is 546 g/mol. The molecule has 6 N–H and O–H groups in total. The fourth-order valence-corrected chi connectivity index (χ4v) is 4.74. The van der Waals surface area contributed by atoms with Crippen molar-refractivity contribution in [3.05, 3.63) is 78.4 Å². The zero-order valence-corrected chi connectivity index (χ0v) is 22.7. The summed E-state index contributed by atoms with van der Waals surface area (Å²) in [6.07, 6.45) is -1.38. The van der Waals surface area contributed by atoms with Gasteiger partial charge in [-0.05, 0) is 23.3 Å². The predicted octanol–water partition coefficient (Wildman–Crippen LogP) is 0.690. The number of aliphatic hydroxyl groups excluding tert-OH is 2. The lowest BCUT2D eigenvalue weighted by Gasteiger charge is -2.25. The van der Waals surface area contributed by atoms with Gasteiger partial charge in [0.2, 0.25) is 5.91 Å². The number of nitrogen functional groups attached to an aromatic ring is 1. The molecule has 0 saturated carbocycles. The molecule has 2 aromatic heterocycles. The standard InChI is InChI=1S/C28H31N7O7/c1-40-18-9-7-16(8-10-18)11-19(33-28(39)41-13-17-5-3-2-4-6-17)26(38)34-21-20(12-36)42-27(23(21)37)35-15-32-22-24(29)30-14-31-25(22)35/h2-10,14-15,19-21,23,27,36-37H,11-13H2,1H3,(H,33,39)(H,34,38)(H2,29,30,31)/t19-,20-,21+,23+,27-/m0/s1. The van der Waals surface area contributed by atoms with Gasteiger partial charge in [0.05, 0.1) is 26.1 Å². The van der Waals surface area contributed by atoms with Crippen LogP contribution in [0.15, 0.2) is 67.3 Å². The Kier molecular flexibility index (Phi) is 8.76. The van der Waals surface area contributed by atoms with E-state index in [0.29, 0.717) is 16.9 Å². The van der Waals surface area contributed by atoms with Crippen molar-refractivity contribution in [2.45, 2.75) is 43.5 Å². The van der Waals surface area contributed by atoms with Gasteiger partial charge in [0.25, 0.3) is 0 Å². The monoisotopic (exact) mass is 577 g/mol. The number of nitrogens with zero attached hydrogens (tertiary/aromatic N) is 4. The van der Waals surface area contributed by atoms with Crippen molar-refractivity contribution < 1.29 is 34.0 Å². The summed E-state index contributed by atoms with van der Waals surface area (Å²) in [5.41, 5.74) is 8.03. The fourth-order valence-electron chi connectivity index (χ4n) is 4.74. The topological polar surface area (TPSA) is 196 Å². The van der Waals surface area contributed by atoms with E-state index in [0.717, 1.165) is 11.1 Å². The molecule has 14 heteroatoms. The van der Waals surface area contributed by atoms with E-state index in [4.69, 9.17) is 19.9 Å². The number of hydrogen-bond acceptors (Lipinski definition) is 11. The third-order valence-corrected chi connectivity index (χ3v) is 6.95. The number of carbonyl (C=O) groups excluding carboxylic acids is 2. The molecule has 4 aromatic rings. The molecule has 0 bridgehead atoms. The smallest absolute Gasteiger partial charge is 0.408 e. The zero-order chi connectivity index (χ0) is 29.6. The lowest BCUT2D eigenvalue weighted by Crippen LogP contribution is -2.55. The highest BCUT2D eigenvalue weighted by atomic mass is 16.6. The number of alkyl carbamates (subject to hydrolysis) is 1. The number of aromatic nitrogens is 4. The van der Waals surface area contributed by atoms with Gasteiger partial charge in [-0.15, -0.1) is 0 Å². The van der Waals surface area contributed by atoms with Gasteiger partial charge in [-0.1, -0.05) is 42.5 Å². The van der Waals surface area contributed by atoms with Crippen LogP contribution in [0.4, 0.5) is 10.6 Å². The molecule has 3 heterocycles. The Bertz CT molecular complexity index is 1520. The van der Waals surface area contributed by atoms with Gasteiger partial charge in [-0.2, -0.15) is 0 Å². The van der Waals surface area contributed by atoms with E-state index in [1.54, 1.807) is 31.4 Å². The van der Waals surface area contributed by atoms with Gasteiger partial charge in [-0.3, -0.25) is 9.36 Å². The third-order valence-electron chi connectivity index (χ3n) is 6.95. The number of benzene rings is 2. The summed E-state index contributed by atoms with van der Waals surface area (Å²) in [6.45, 7) is -0.488. The number of ether oxygens (including phenoxy) is 3. The molecule has 1 fully saturated rings. The average molecular weight is 578 g/mol. The minimum absolute atomic E-state index is 0.0138. The molecule has 1 aliphatic heterocycles. The van der Waals surface area contributed by atoms with Crippen LogP contribution >= 0.6 is 0 Å². The summed E-state index contributed by atoms with van der Waals surface area (Å²) in [7, 11) is 1.55. The van der Waals surface area contributed by atoms with E-state index in [9.17, 15) is 19.8 Å². The number of amides is 2. The number of fused-ring (bicyclic) bond motifs is 1. The van der Waals surface area contributed by atoms with Crippen molar-refractivity contribution in [1.82, 2.24) is 30.2 Å². The third kappa shape index (κ3) is 6.25. The number of hydrogen-bond donors (Lipinski definition) is 5. The lowest BCUT2D eigenvalue weighted by molar-refractivity contribution is -0.124. The quantitative estimate of drug-likeness (QED) is 0.178. The molecule has 0 unspecified atom stereocenters. The summed E-state index contributed by atoms with van der Waals surface area (Å²) >= 11 is 0. The first-order valence-electron chi connectivity index (χ1n) is 13.2. The van der Waals surface area contributed by atoms with E-state index < -0.39 is 49.1 Å². The molecule has 1 saturated heterocycles. The Labute approximate surface area is 240 Å². The average Bonchev–Trinajstić information content (AvgIpc) is 3.58. The Balaban J connectivity index is 1.32. The highest BCUT2D eigenvalue weighted by molar-refractivity contribution is 5.86. The molecule has 5 rings (SSSR count). The highest BCUT2D eigenvalue weighted by Gasteiger charge is 2.46. The van der Waals surface area contributed by atoms with Crippen molar-refractivity contribution in [3.63, 3.8) is 0 Å². The molecule has 220 valence electrons. The first-order chi connectivity index (χ1) is 20.4. The van der Waals surface area contributed by atoms with Crippen LogP contribution in [0, 0.1) is 0 Å². The summed E-state index contributed by atoms with van der Waals surface area (Å²) in [4.78, 5) is 38.6. The van der Waals surface area contributed by atoms with Gasteiger partial charge >= 0.3 is 6.09 Å². The Morgan fingerprint density at radius 1 is 1.10 bits per heavy atom. The second-order valence-electron chi connectivity index (χ2n) is 9.67. The van der Waals surface area contributed by atoms with Gasteiger partial charge in [-0.25, -0.2) is 19.7 Å². The molecule has 5 atom stereocenters. The Morgan fingerprint density at radius 2 is 1.86 bits per heavy atom. The van der Waals surface area contributed by atoms with Crippen LogP contribution in [0.25, 0.3) is 11.2 Å². The van der Waals surface area contributed by atoms with Crippen LogP contribution in [-0.4, -0.2) is 79.7 Å². The van der Waals surface area contributed by atoms with Crippen molar-refractivity contribution in [1.29, 1.82) is 0 Å². The number of aliphatic hydroxyl groups is 2. The number of nitrogens with one attached hydrogen (secondary N) is 2. The second-order valence-corrected chi connectivity index (χ2v) is 9.67. The molecule has 2 amide bonds. The molecule has 42 heavy (non-hydrogen) atoms. The van der Waals surface area contributed by atoms with Gasteiger partial charge in [0.1, 0.15) is 42.5 Å². The minimum Gasteiger partial charge on any atom is -0.497 e. The maximum Gasteiger partial charge on any atom is 0.408 e. The number of carbonyl (C=O) groups is 2. The molecule has 0 aliphatic carbocycles. The van der Waals surface area contributed by atoms with Crippen molar-refractivity contribution >= 4 is 29.0 Å². The number of anilines is 1. The summed E-state index contributed by atoms with van der Waals surface area (Å²) in [5.74, 6) is 0.176. The molecule has 1 aliphatic rings. The van der Waals surface area contributed by atoms with Crippen LogP contribution in [-0.2, 0) is 27.3 Å². The van der Waals surface area contributed by atoms with Crippen molar-refractivity contribution in [2.24, 2.45) is 0 Å². The number of imidazole rings is 1. The van der Waals surface area contributed by atoms with E-state index in [-0.39, 0.29) is 18.8 Å². The Hall–Kier alpha value is -4.79. The lowest BCUT2D eigenvalue weighted by atomic mass is 10.0. The van der Waals surface area contributed by atoms with Crippen molar-refractivity contribution in [2.75, 3.05) is 19.5 Å².